The fourth-order valence-electron chi connectivity index (χ4n) is 3.64. The number of nitrogens with one attached hydrogen (secondary N) is 1. The van der Waals surface area contributed by atoms with Crippen LogP contribution >= 0.6 is 11.6 Å². The Morgan fingerprint density at radius 3 is 2.03 bits per heavy atom. The number of carbonyl (C=O) groups is 2. The van der Waals surface area contributed by atoms with E-state index in [4.69, 9.17) is 11.6 Å². The van der Waals surface area contributed by atoms with Crippen molar-refractivity contribution in [1.29, 1.82) is 0 Å². The van der Waals surface area contributed by atoms with Crippen molar-refractivity contribution in [2.24, 2.45) is 0 Å². The molecule has 3 aromatic carbocycles. The van der Waals surface area contributed by atoms with Crippen LogP contribution in [0.15, 0.2) is 84.9 Å². The van der Waals surface area contributed by atoms with Gasteiger partial charge < -0.3 is 10.2 Å². The number of nitrogens with zero attached hydrogens (tertiary/aromatic N) is 1. The summed E-state index contributed by atoms with van der Waals surface area (Å²) in [6, 6.07) is 26.1. The molecule has 0 aliphatic rings. The molecule has 0 radical (unpaired) electrons. The molecule has 0 aliphatic heterocycles. The van der Waals surface area contributed by atoms with Crippen LogP contribution in [0.1, 0.15) is 30.5 Å². The highest BCUT2D eigenvalue weighted by Crippen LogP contribution is 2.19. The van der Waals surface area contributed by atoms with Gasteiger partial charge in [-0.25, -0.2) is 0 Å². The Hall–Kier alpha value is -3.11. The average molecular weight is 449 g/mol. The predicted octanol–water partition coefficient (Wildman–Crippen LogP) is 5.05. The van der Waals surface area contributed by atoms with Crippen LogP contribution in [0.3, 0.4) is 0 Å². The molecule has 32 heavy (non-hydrogen) atoms. The predicted molar refractivity (Wildman–Crippen MR) is 129 cm³/mol. The Morgan fingerprint density at radius 1 is 0.844 bits per heavy atom. The van der Waals surface area contributed by atoms with Crippen LogP contribution in [0.2, 0.25) is 5.02 Å². The van der Waals surface area contributed by atoms with Crippen LogP contribution in [0.25, 0.3) is 0 Å². The van der Waals surface area contributed by atoms with Gasteiger partial charge in [-0.3, -0.25) is 9.59 Å². The summed E-state index contributed by atoms with van der Waals surface area (Å²) in [5, 5.41) is 3.60. The van der Waals surface area contributed by atoms with Gasteiger partial charge in [0.15, 0.2) is 0 Å². The van der Waals surface area contributed by atoms with E-state index >= 15 is 0 Å². The third-order valence-electron chi connectivity index (χ3n) is 5.14. The number of halogens is 1. The maximum absolute atomic E-state index is 13.5. The molecule has 0 saturated heterocycles. The van der Waals surface area contributed by atoms with E-state index in [1.165, 1.54) is 0 Å². The minimum atomic E-state index is -0.644. The second-order valence-electron chi connectivity index (χ2n) is 8.18. The molecule has 0 spiro atoms. The number of hydrogen-bond donors (Lipinski definition) is 1. The van der Waals surface area contributed by atoms with E-state index in [0.29, 0.717) is 18.0 Å². The van der Waals surface area contributed by atoms with E-state index in [-0.39, 0.29) is 24.3 Å². The zero-order chi connectivity index (χ0) is 22.9. The molecule has 0 aliphatic carbocycles. The topological polar surface area (TPSA) is 49.4 Å². The van der Waals surface area contributed by atoms with E-state index in [9.17, 15) is 9.59 Å². The average Bonchev–Trinajstić information content (AvgIpc) is 2.77. The van der Waals surface area contributed by atoms with Crippen molar-refractivity contribution in [2.75, 3.05) is 0 Å². The third kappa shape index (κ3) is 6.96. The van der Waals surface area contributed by atoms with E-state index in [2.05, 4.69) is 5.32 Å². The maximum Gasteiger partial charge on any atom is 0.243 e. The zero-order valence-electron chi connectivity index (χ0n) is 18.5. The Kier molecular flexibility index (Phi) is 8.46. The summed E-state index contributed by atoms with van der Waals surface area (Å²) in [7, 11) is 0. The summed E-state index contributed by atoms with van der Waals surface area (Å²) in [6.45, 7) is 4.14. The third-order valence-corrected chi connectivity index (χ3v) is 5.38. The van der Waals surface area contributed by atoms with E-state index < -0.39 is 6.04 Å². The first-order chi connectivity index (χ1) is 15.4. The summed E-state index contributed by atoms with van der Waals surface area (Å²) < 4.78 is 0. The molecule has 5 heteroatoms. The van der Waals surface area contributed by atoms with Crippen LogP contribution in [-0.4, -0.2) is 28.8 Å². The van der Waals surface area contributed by atoms with E-state index in [1.54, 1.807) is 11.0 Å². The minimum absolute atomic E-state index is 0.0296. The van der Waals surface area contributed by atoms with E-state index in [1.807, 2.05) is 92.7 Å². The SMILES string of the molecule is CC(C)NC(=O)[C@H](Cc1ccccc1)N(Cc1cccc(Cl)c1)C(=O)Cc1ccccc1. The fourth-order valence-corrected chi connectivity index (χ4v) is 3.85. The van der Waals surface area contributed by atoms with Crippen molar-refractivity contribution >= 4 is 23.4 Å². The summed E-state index contributed by atoms with van der Waals surface area (Å²) in [5.74, 6) is -0.261. The first kappa shape index (κ1) is 23.6. The lowest BCUT2D eigenvalue weighted by Gasteiger charge is -2.32. The largest absolute Gasteiger partial charge is 0.352 e. The molecule has 0 saturated carbocycles. The van der Waals surface area contributed by atoms with Crippen LogP contribution in [0, 0.1) is 0 Å². The molecular formula is C27H29ClN2O2. The van der Waals surface area contributed by atoms with E-state index in [0.717, 1.165) is 16.7 Å². The summed E-state index contributed by atoms with van der Waals surface area (Å²) in [4.78, 5) is 28.5. The Bertz CT molecular complexity index is 1020. The number of benzene rings is 3. The van der Waals surface area contributed by atoms with Crippen molar-refractivity contribution in [3.63, 3.8) is 0 Å². The normalized spacial score (nSPS) is 11.8. The number of hydrogen-bond acceptors (Lipinski definition) is 2. The molecule has 1 N–H and O–H groups in total. The molecule has 0 unspecified atom stereocenters. The smallest absolute Gasteiger partial charge is 0.243 e. The standard InChI is InChI=1S/C27H29ClN2O2/c1-20(2)29-27(32)25(17-21-10-5-3-6-11-21)30(19-23-14-9-15-24(28)16-23)26(31)18-22-12-7-4-8-13-22/h3-16,20,25H,17-19H2,1-2H3,(H,29,32)/t25-/m0/s1. The molecule has 3 rings (SSSR count). The van der Waals surface area contributed by atoms with Gasteiger partial charge in [0.1, 0.15) is 6.04 Å². The highest BCUT2D eigenvalue weighted by atomic mass is 35.5. The molecule has 4 nitrogen and oxygen atoms in total. The molecule has 0 aromatic heterocycles. The van der Waals surface area contributed by atoms with Gasteiger partial charge in [0, 0.05) is 24.0 Å². The first-order valence-electron chi connectivity index (χ1n) is 10.8. The molecule has 3 aromatic rings. The fraction of sp³-hybridized carbons (Fsp3) is 0.259. The Balaban J connectivity index is 1.96. The van der Waals surface area contributed by atoms with Gasteiger partial charge in [-0.2, -0.15) is 0 Å². The second-order valence-corrected chi connectivity index (χ2v) is 8.62. The van der Waals surface area contributed by atoms with Crippen LogP contribution in [0.4, 0.5) is 0 Å². The zero-order valence-corrected chi connectivity index (χ0v) is 19.3. The quantitative estimate of drug-likeness (QED) is 0.498. The number of carbonyl (C=O) groups excluding carboxylic acids is 2. The number of amides is 2. The number of rotatable bonds is 9. The van der Waals surface area contributed by atoms with Gasteiger partial charge in [0.25, 0.3) is 0 Å². The van der Waals surface area contributed by atoms with Gasteiger partial charge in [-0.15, -0.1) is 0 Å². The highest BCUT2D eigenvalue weighted by Gasteiger charge is 2.30. The molecule has 0 bridgehead atoms. The van der Waals surface area contributed by atoms with Gasteiger partial charge in [0.05, 0.1) is 6.42 Å². The first-order valence-corrected chi connectivity index (χ1v) is 11.2. The van der Waals surface area contributed by atoms with Crippen molar-refractivity contribution < 1.29 is 9.59 Å². The van der Waals surface area contributed by atoms with Gasteiger partial charge in [-0.1, -0.05) is 84.4 Å². The Labute approximate surface area is 195 Å². The monoisotopic (exact) mass is 448 g/mol. The van der Waals surface area contributed by atoms with Crippen LogP contribution in [-0.2, 0) is 29.0 Å². The lowest BCUT2D eigenvalue weighted by Crippen LogP contribution is -2.52. The van der Waals surface area contributed by atoms with Crippen molar-refractivity contribution in [2.45, 2.75) is 45.3 Å². The molecule has 0 heterocycles. The van der Waals surface area contributed by atoms with Crippen LogP contribution in [0.5, 0.6) is 0 Å². The van der Waals surface area contributed by atoms with Gasteiger partial charge in [0.2, 0.25) is 11.8 Å². The van der Waals surface area contributed by atoms with Crippen LogP contribution < -0.4 is 5.32 Å². The maximum atomic E-state index is 13.5. The van der Waals surface area contributed by atoms with Gasteiger partial charge in [-0.05, 0) is 42.7 Å². The lowest BCUT2D eigenvalue weighted by molar-refractivity contribution is -0.141. The Morgan fingerprint density at radius 2 is 1.44 bits per heavy atom. The molecule has 2 amide bonds. The molecule has 166 valence electrons. The molecule has 1 atom stereocenters. The molecule has 0 fully saturated rings. The van der Waals surface area contributed by atoms with Crippen molar-refractivity contribution in [1.82, 2.24) is 10.2 Å². The lowest BCUT2D eigenvalue weighted by atomic mass is 10.0. The highest BCUT2D eigenvalue weighted by molar-refractivity contribution is 6.30. The summed E-state index contributed by atoms with van der Waals surface area (Å²) >= 11 is 6.20. The van der Waals surface area contributed by atoms with Crippen molar-refractivity contribution in [3.05, 3.63) is 107 Å². The molecular weight excluding hydrogens is 420 g/mol. The summed E-state index contributed by atoms with van der Waals surface area (Å²) in [5.41, 5.74) is 2.80. The van der Waals surface area contributed by atoms with Crippen molar-refractivity contribution in [3.8, 4) is 0 Å². The second kappa shape index (κ2) is 11.5. The minimum Gasteiger partial charge on any atom is -0.352 e. The summed E-state index contributed by atoms with van der Waals surface area (Å²) in [6.07, 6.45) is 0.655. The van der Waals surface area contributed by atoms with Gasteiger partial charge >= 0.3 is 0 Å².